The molecule has 0 saturated carbocycles. The van der Waals surface area contributed by atoms with Gasteiger partial charge in [-0.3, -0.25) is 10.1 Å². The molecule has 1 aromatic heterocycles. The summed E-state index contributed by atoms with van der Waals surface area (Å²) in [6, 6.07) is 19.9. The lowest BCUT2D eigenvalue weighted by atomic mass is 9.97. The number of nitro groups is 1. The van der Waals surface area contributed by atoms with Gasteiger partial charge in [-0.15, -0.1) is 0 Å². The highest BCUT2D eigenvalue weighted by molar-refractivity contribution is 5.98. The molecule has 0 bridgehead atoms. The van der Waals surface area contributed by atoms with E-state index >= 15 is 0 Å². The van der Waals surface area contributed by atoms with Gasteiger partial charge >= 0.3 is 0 Å². The van der Waals surface area contributed by atoms with Gasteiger partial charge in [-0.25, -0.2) is 4.98 Å². The molecule has 4 rings (SSSR count). The van der Waals surface area contributed by atoms with Gasteiger partial charge in [-0.1, -0.05) is 30.3 Å². The van der Waals surface area contributed by atoms with Crippen LogP contribution in [0.3, 0.4) is 0 Å². The second-order valence-corrected chi connectivity index (χ2v) is 6.08. The van der Waals surface area contributed by atoms with Crippen molar-refractivity contribution in [3.05, 3.63) is 82.9 Å². The van der Waals surface area contributed by atoms with Crippen LogP contribution in [-0.4, -0.2) is 20.1 Å². The number of aromatic hydroxyl groups is 2. The summed E-state index contributed by atoms with van der Waals surface area (Å²) in [4.78, 5) is 15.3. The first-order chi connectivity index (χ1) is 13.0. The Kier molecular flexibility index (Phi) is 3.93. The maximum absolute atomic E-state index is 11.2. The molecular formula is C21H14N2O4. The molecule has 2 N–H and O–H groups in total. The van der Waals surface area contributed by atoms with E-state index in [-0.39, 0.29) is 17.2 Å². The average molecular weight is 358 g/mol. The van der Waals surface area contributed by atoms with Crippen molar-refractivity contribution < 1.29 is 15.1 Å². The Balaban J connectivity index is 2.05. The van der Waals surface area contributed by atoms with Gasteiger partial charge < -0.3 is 10.2 Å². The molecule has 0 fully saturated rings. The summed E-state index contributed by atoms with van der Waals surface area (Å²) in [5.41, 5.74) is 3.00. The molecule has 132 valence electrons. The maximum Gasteiger partial charge on any atom is 0.270 e. The Bertz CT molecular complexity index is 1170. The molecule has 0 atom stereocenters. The molecule has 3 aromatic carbocycles. The predicted octanol–water partition coefficient (Wildman–Crippen LogP) is 4.89. The summed E-state index contributed by atoms with van der Waals surface area (Å²) in [6.07, 6.45) is 0. The fraction of sp³-hybridized carbons (Fsp3) is 0. The number of benzene rings is 3. The van der Waals surface area contributed by atoms with Gasteiger partial charge in [0.1, 0.15) is 11.5 Å². The molecule has 1 heterocycles. The summed E-state index contributed by atoms with van der Waals surface area (Å²) in [5, 5.41) is 31.8. The maximum atomic E-state index is 11.2. The fourth-order valence-corrected chi connectivity index (χ4v) is 3.05. The number of phenols is 2. The lowest BCUT2D eigenvalue weighted by Gasteiger charge is -2.11. The van der Waals surface area contributed by atoms with Crippen LogP contribution >= 0.6 is 0 Å². The fourth-order valence-electron chi connectivity index (χ4n) is 3.05. The Morgan fingerprint density at radius 3 is 2.37 bits per heavy atom. The molecule has 0 spiro atoms. The minimum atomic E-state index is -0.441. The average Bonchev–Trinajstić information content (AvgIpc) is 2.69. The smallest absolute Gasteiger partial charge is 0.270 e. The van der Waals surface area contributed by atoms with Gasteiger partial charge in [0.25, 0.3) is 5.69 Å². The van der Waals surface area contributed by atoms with Crippen LogP contribution in [-0.2, 0) is 0 Å². The molecule has 6 heteroatoms. The topological polar surface area (TPSA) is 96.5 Å². The molecular weight excluding hydrogens is 344 g/mol. The van der Waals surface area contributed by atoms with Gasteiger partial charge in [0, 0.05) is 23.1 Å². The minimum absolute atomic E-state index is 0.00894. The standard InChI is InChI=1S/C21H14N2O4/c24-15-7-9-21(25)18(11-15)20-12-16(13-4-2-1-3-5-13)17-10-14(23(26)27)6-8-19(17)22-20/h1-12,24-25H. The molecule has 6 nitrogen and oxygen atoms in total. The van der Waals surface area contributed by atoms with Crippen molar-refractivity contribution in [3.63, 3.8) is 0 Å². The predicted molar refractivity (Wildman–Crippen MR) is 103 cm³/mol. The van der Waals surface area contributed by atoms with Gasteiger partial charge in [-0.05, 0) is 41.5 Å². The molecule has 0 aliphatic carbocycles. The zero-order chi connectivity index (χ0) is 19.0. The second kappa shape index (κ2) is 6.42. The van der Waals surface area contributed by atoms with Crippen molar-refractivity contribution in [2.45, 2.75) is 0 Å². The van der Waals surface area contributed by atoms with Crippen molar-refractivity contribution in [1.29, 1.82) is 0 Å². The number of hydrogen-bond donors (Lipinski definition) is 2. The third kappa shape index (κ3) is 3.04. The molecule has 0 aliphatic heterocycles. The number of aromatic nitrogens is 1. The van der Waals surface area contributed by atoms with E-state index in [0.717, 1.165) is 11.1 Å². The van der Waals surface area contributed by atoms with Crippen LogP contribution in [0.4, 0.5) is 5.69 Å². The van der Waals surface area contributed by atoms with Crippen molar-refractivity contribution in [3.8, 4) is 33.9 Å². The molecule has 0 radical (unpaired) electrons. The number of non-ortho nitro benzene ring substituents is 1. The first kappa shape index (κ1) is 16.5. The van der Waals surface area contributed by atoms with Crippen molar-refractivity contribution in [2.75, 3.05) is 0 Å². The molecule has 0 amide bonds. The summed E-state index contributed by atoms with van der Waals surface area (Å²) in [7, 11) is 0. The van der Waals surface area contributed by atoms with Crippen LogP contribution in [0.5, 0.6) is 11.5 Å². The first-order valence-electron chi connectivity index (χ1n) is 8.20. The first-order valence-corrected chi connectivity index (χ1v) is 8.20. The number of hydrogen-bond acceptors (Lipinski definition) is 5. The highest BCUT2D eigenvalue weighted by Crippen LogP contribution is 2.37. The summed E-state index contributed by atoms with van der Waals surface area (Å²) >= 11 is 0. The summed E-state index contributed by atoms with van der Waals surface area (Å²) in [5.74, 6) is -0.00442. The van der Waals surface area contributed by atoms with Crippen LogP contribution in [0.15, 0.2) is 72.8 Å². The highest BCUT2D eigenvalue weighted by Gasteiger charge is 2.15. The lowest BCUT2D eigenvalue weighted by Crippen LogP contribution is -1.93. The Morgan fingerprint density at radius 2 is 1.63 bits per heavy atom. The van der Waals surface area contributed by atoms with Crippen LogP contribution in [0.25, 0.3) is 33.3 Å². The number of nitro benzene ring substituents is 1. The van der Waals surface area contributed by atoms with E-state index in [1.54, 1.807) is 12.1 Å². The monoisotopic (exact) mass is 358 g/mol. The van der Waals surface area contributed by atoms with E-state index in [1.165, 1.54) is 30.3 Å². The Labute approximate surface area is 154 Å². The Morgan fingerprint density at radius 1 is 0.852 bits per heavy atom. The van der Waals surface area contributed by atoms with Crippen molar-refractivity contribution in [1.82, 2.24) is 4.98 Å². The quantitative estimate of drug-likeness (QED) is 0.309. The molecule has 4 aromatic rings. The van der Waals surface area contributed by atoms with Gasteiger partial charge in [0.05, 0.1) is 16.1 Å². The molecule has 0 unspecified atom stereocenters. The SMILES string of the molecule is O=[N+]([O-])c1ccc2nc(-c3cc(O)ccc3O)cc(-c3ccccc3)c2c1. The number of pyridine rings is 1. The van der Waals surface area contributed by atoms with E-state index in [2.05, 4.69) is 4.98 Å². The van der Waals surface area contributed by atoms with E-state index in [0.29, 0.717) is 22.2 Å². The lowest BCUT2D eigenvalue weighted by molar-refractivity contribution is -0.384. The van der Waals surface area contributed by atoms with Crippen molar-refractivity contribution in [2.24, 2.45) is 0 Å². The highest BCUT2D eigenvalue weighted by atomic mass is 16.6. The molecule has 0 saturated heterocycles. The zero-order valence-corrected chi connectivity index (χ0v) is 14.0. The number of nitrogens with zero attached hydrogens (tertiary/aromatic N) is 2. The van der Waals surface area contributed by atoms with E-state index < -0.39 is 4.92 Å². The summed E-state index contributed by atoms with van der Waals surface area (Å²) in [6.45, 7) is 0. The van der Waals surface area contributed by atoms with Crippen LogP contribution in [0.1, 0.15) is 0 Å². The van der Waals surface area contributed by atoms with Crippen LogP contribution < -0.4 is 0 Å². The molecule has 0 aliphatic rings. The number of rotatable bonds is 3. The van der Waals surface area contributed by atoms with Crippen molar-refractivity contribution >= 4 is 16.6 Å². The Hall–Kier alpha value is -3.93. The molecule has 27 heavy (non-hydrogen) atoms. The third-order valence-electron chi connectivity index (χ3n) is 4.34. The van der Waals surface area contributed by atoms with E-state index in [1.807, 2.05) is 30.3 Å². The van der Waals surface area contributed by atoms with Gasteiger partial charge in [-0.2, -0.15) is 0 Å². The number of fused-ring (bicyclic) bond motifs is 1. The zero-order valence-electron chi connectivity index (χ0n) is 14.0. The van der Waals surface area contributed by atoms with Gasteiger partial charge in [0.2, 0.25) is 0 Å². The normalized spacial score (nSPS) is 10.8. The van der Waals surface area contributed by atoms with E-state index in [9.17, 15) is 20.3 Å². The van der Waals surface area contributed by atoms with Crippen LogP contribution in [0.2, 0.25) is 0 Å². The van der Waals surface area contributed by atoms with Gasteiger partial charge in [0.15, 0.2) is 0 Å². The van der Waals surface area contributed by atoms with E-state index in [4.69, 9.17) is 0 Å². The summed E-state index contributed by atoms with van der Waals surface area (Å²) < 4.78 is 0. The second-order valence-electron chi connectivity index (χ2n) is 6.08. The number of phenolic OH excluding ortho intramolecular Hbond substituents is 2. The third-order valence-corrected chi connectivity index (χ3v) is 4.34. The largest absolute Gasteiger partial charge is 0.508 e. The minimum Gasteiger partial charge on any atom is -0.508 e. The van der Waals surface area contributed by atoms with Crippen LogP contribution in [0, 0.1) is 10.1 Å².